The van der Waals surface area contributed by atoms with Gasteiger partial charge < -0.3 is 19.6 Å². The smallest absolute Gasteiger partial charge is 0.237 e. The highest BCUT2D eigenvalue weighted by Gasteiger charge is 2.07. The fourth-order valence-corrected chi connectivity index (χ4v) is 1.63. The number of nitrogens with one attached hydrogen (secondary N) is 1. The maximum Gasteiger partial charge on any atom is 0.237 e. The Hall–Kier alpha value is -2.01. The van der Waals surface area contributed by atoms with Crippen molar-refractivity contribution in [2.45, 2.75) is 33.1 Å². The second kappa shape index (κ2) is 6.24. The van der Waals surface area contributed by atoms with Crippen LogP contribution in [-0.4, -0.2) is 16.2 Å². The van der Waals surface area contributed by atoms with E-state index >= 15 is 0 Å². The minimum Gasteiger partial charge on any atom is -0.473 e. The molecule has 0 saturated heterocycles. The molecule has 0 aliphatic rings. The molecular formula is C14H18N2O3. The Bertz CT molecular complexity index is 523. The molecule has 102 valence electrons. The lowest BCUT2D eigenvalue weighted by Gasteiger charge is -2.13. The van der Waals surface area contributed by atoms with Gasteiger partial charge in [-0.1, -0.05) is 0 Å². The number of pyridine rings is 1. The third-order valence-electron chi connectivity index (χ3n) is 2.44. The lowest BCUT2D eigenvalue weighted by Crippen LogP contribution is -2.09. The number of ether oxygens (including phenoxy) is 1. The highest BCUT2D eigenvalue weighted by atomic mass is 16.5. The van der Waals surface area contributed by atoms with Crippen molar-refractivity contribution in [2.75, 3.05) is 5.32 Å². The van der Waals surface area contributed by atoms with Crippen LogP contribution in [0.1, 0.15) is 25.4 Å². The molecule has 2 aromatic heterocycles. The summed E-state index contributed by atoms with van der Waals surface area (Å²) in [5.41, 5.74) is 0.818. The molecule has 0 radical (unpaired) electrons. The first-order chi connectivity index (χ1) is 9.19. The van der Waals surface area contributed by atoms with Crippen molar-refractivity contribution < 1.29 is 14.3 Å². The van der Waals surface area contributed by atoms with E-state index in [2.05, 4.69) is 10.3 Å². The third-order valence-corrected chi connectivity index (χ3v) is 2.44. The van der Waals surface area contributed by atoms with Crippen LogP contribution in [0.3, 0.4) is 0 Å². The molecule has 2 N–H and O–H groups in total. The van der Waals surface area contributed by atoms with E-state index in [-0.39, 0.29) is 12.7 Å². The summed E-state index contributed by atoms with van der Waals surface area (Å²) in [6, 6.07) is 7.33. The van der Waals surface area contributed by atoms with Gasteiger partial charge in [0.25, 0.3) is 0 Å². The molecule has 2 heterocycles. The Morgan fingerprint density at radius 2 is 2.11 bits per heavy atom. The molecule has 2 rings (SSSR count). The molecule has 0 atom stereocenters. The summed E-state index contributed by atoms with van der Waals surface area (Å²) >= 11 is 0. The summed E-state index contributed by atoms with van der Waals surface area (Å²) in [5, 5.41) is 12.1. The van der Waals surface area contributed by atoms with Crippen LogP contribution in [0.25, 0.3) is 0 Å². The highest BCUT2D eigenvalue weighted by molar-refractivity contribution is 5.52. The molecule has 0 fully saturated rings. The van der Waals surface area contributed by atoms with Gasteiger partial charge in [0.1, 0.15) is 18.1 Å². The predicted molar refractivity (Wildman–Crippen MR) is 72.0 cm³/mol. The molecule has 0 spiro atoms. The van der Waals surface area contributed by atoms with Crippen molar-refractivity contribution >= 4 is 5.69 Å². The van der Waals surface area contributed by atoms with Crippen molar-refractivity contribution in [3.63, 3.8) is 0 Å². The lowest BCUT2D eigenvalue weighted by atomic mass is 10.3. The van der Waals surface area contributed by atoms with E-state index in [1.54, 1.807) is 12.3 Å². The van der Waals surface area contributed by atoms with Crippen molar-refractivity contribution in [3.8, 4) is 5.88 Å². The van der Waals surface area contributed by atoms with Crippen LogP contribution < -0.4 is 10.1 Å². The second-order valence-electron chi connectivity index (χ2n) is 4.40. The van der Waals surface area contributed by atoms with Crippen LogP contribution in [0, 0.1) is 0 Å². The van der Waals surface area contributed by atoms with E-state index in [1.165, 1.54) is 0 Å². The number of furan rings is 1. The van der Waals surface area contributed by atoms with Crippen molar-refractivity contribution in [1.82, 2.24) is 4.98 Å². The van der Waals surface area contributed by atoms with Crippen molar-refractivity contribution in [3.05, 3.63) is 42.0 Å². The number of rotatable bonds is 6. The quantitative estimate of drug-likeness (QED) is 0.837. The van der Waals surface area contributed by atoms with E-state index in [0.717, 1.165) is 11.4 Å². The number of hydrogen-bond acceptors (Lipinski definition) is 5. The van der Waals surface area contributed by atoms with Gasteiger partial charge in [-0.05, 0) is 38.1 Å². The SMILES string of the molecule is CC(C)Oc1ncccc1NCc1ccc(CO)o1. The predicted octanol–water partition coefficient (Wildman–Crippen LogP) is 2.57. The summed E-state index contributed by atoms with van der Waals surface area (Å²) in [4.78, 5) is 4.20. The van der Waals surface area contributed by atoms with Gasteiger partial charge in [-0.25, -0.2) is 4.98 Å². The van der Waals surface area contributed by atoms with Crippen LogP contribution in [0.4, 0.5) is 5.69 Å². The van der Waals surface area contributed by atoms with Crippen LogP contribution in [0.2, 0.25) is 0 Å². The molecular weight excluding hydrogens is 244 g/mol. The van der Waals surface area contributed by atoms with Gasteiger partial charge in [0.2, 0.25) is 5.88 Å². The Morgan fingerprint density at radius 1 is 1.32 bits per heavy atom. The topological polar surface area (TPSA) is 67.5 Å². The number of aliphatic hydroxyl groups excluding tert-OH is 1. The van der Waals surface area contributed by atoms with Gasteiger partial charge >= 0.3 is 0 Å². The van der Waals surface area contributed by atoms with Crippen LogP contribution in [0.15, 0.2) is 34.9 Å². The molecule has 0 unspecified atom stereocenters. The maximum atomic E-state index is 8.94. The average molecular weight is 262 g/mol. The Morgan fingerprint density at radius 3 is 2.79 bits per heavy atom. The van der Waals surface area contributed by atoms with Crippen LogP contribution >= 0.6 is 0 Å². The number of aromatic nitrogens is 1. The summed E-state index contributed by atoms with van der Waals surface area (Å²) in [6.45, 7) is 4.34. The first kappa shape index (κ1) is 13.4. The minimum absolute atomic E-state index is 0.0695. The Kier molecular flexibility index (Phi) is 4.41. The molecule has 0 amide bonds. The molecule has 0 aromatic carbocycles. The van der Waals surface area contributed by atoms with E-state index in [0.29, 0.717) is 18.2 Å². The maximum absolute atomic E-state index is 8.94. The highest BCUT2D eigenvalue weighted by Crippen LogP contribution is 2.22. The van der Waals surface area contributed by atoms with E-state index in [9.17, 15) is 0 Å². The summed E-state index contributed by atoms with van der Waals surface area (Å²) in [7, 11) is 0. The summed E-state index contributed by atoms with van der Waals surface area (Å²) in [5.74, 6) is 1.89. The standard InChI is InChI=1S/C14H18N2O3/c1-10(2)18-14-13(4-3-7-15-14)16-8-11-5-6-12(9-17)19-11/h3-7,10,16-17H,8-9H2,1-2H3. The molecule has 5 heteroatoms. The van der Waals surface area contributed by atoms with Crippen LogP contribution in [-0.2, 0) is 13.2 Å². The molecule has 0 saturated carbocycles. The molecule has 0 aliphatic heterocycles. The van der Waals surface area contributed by atoms with Gasteiger partial charge in [-0.2, -0.15) is 0 Å². The Balaban J connectivity index is 2.02. The van der Waals surface area contributed by atoms with Gasteiger partial charge in [0.15, 0.2) is 0 Å². The van der Waals surface area contributed by atoms with Gasteiger partial charge in [-0.15, -0.1) is 0 Å². The van der Waals surface area contributed by atoms with Gasteiger partial charge in [-0.3, -0.25) is 0 Å². The second-order valence-corrected chi connectivity index (χ2v) is 4.40. The number of anilines is 1. The van der Waals surface area contributed by atoms with E-state index in [4.69, 9.17) is 14.3 Å². The monoisotopic (exact) mass is 262 g/mol. The van der Waals surface area contributed by atoms with Crippen molar-refractivity contribution in [1.29, 1.82) is 0 Å². The number of hydrogen-bond donors (Lipinski definition) is 2. The molecule has 2 aromatic rings. The molecule has 0 aliphatic carbocycles. The van der Waals surface area contributed by atoms with Crippen LogP contribution in [0.5, 0.6) is 5.88 Å². The first-order valence-electron chi connectivity index (χ1n) is 6.23. The summed E-state index contributed by atoms with van der Waals surface area (Å²) < 4.78 is 11.0. The lowest BCUT2D eigenvalue weighted by molar-refractivity contribution is 0.234. The van der Waals surface area contributed by atoms with Gasteiger partial charge in [0, 0.05) is 6.20 Å². The van der Waals surface area contributed by atoms with E-state index < -0.39 is 0 Å². The zero-order valence-electron chi connectivity index (χ0n) is 11.1. The van der Waals surface area contributed by atoms with Gasteiger partial charge in [0.05, 0.1) is 18.3 Å². The largest absolute Gasteiger partial charge is 0.473 e. The summed E-state index contributed by atoms with van der Waals surface area (Å²) in [6.07, 6.45) is 1.76. The third kappa shape index (κ3) is 3.72. The van der Waals surface area contributed by atoms with E-state index in [1.807, 2.05) is 32.0 Å². The molecule has 5 nitrogen and oxygen atoms in total. The Labute approximate surface area is 112 Å². The minimum atomic E-state index is -0.0887. The van der Waals surface area contributed by atoms with Crippen molar-refractivity contribution in [2.24, 2.45) is 0 Å². The number of aliphatic hydroxyl groups is 1. The zero-order valence-corrected chi connectivity index (χ0v) is 11.1. The normalized spacial score (nSPS) is 10.7. The fraction of sp³-hybridized carbons (Fsp3) is 0.357. The molecule has 0 bridgehead atoms. The zero-order chi connectivity index (χ0) is 13.7. The first-order valence-corrected chi connectivity index (χ1v) is 6.23. The average Bonchev–Trinajstić information content (AvgIpc) is 2.85. The number of nitrogens with zero attached hydrogens (tertiary/aromatic N) is 1. The molecule has 19 heavy (non-hydrogen) atoms. The fourth-order valence-electron chi connectivity index (χ4n) is 1.63.